The van der Waals surface area contributed by atoms with Crippen molar-refractivity contribution in [1.82, 2.24) is 0 Å². The van der Waals surface area contributed by atoms with Crippen molar-refractivity contribution in [2.24, 2.45) is 0 Å². The second-order valence-electron chi connectivity index (χ2n) is 4.30. The van der Waals surface area contributed by atoms with Gasteiger partial charge in [-0.25, -0.2) is 8.78 Å². The largest absolute Gasteiger partial charge is 0.294 e. The Morgan fingerprint density at radius 3 is 2.42 bits per heavy atom. The molecule has 0 bridgehead atoms. The van der Waals surface area contributed by atoms with Crippen LogP contribution in [0.3, 0.4) is 0 Å². The highest BCUT2D eigenvalue weighted by molar-refractivity contribution is 6.34. The lowest BCUT2D eigenvalue weighted by Crippen LogP contribution is -1.96. The van der Waals surface area contributed by atoms with Crippen molar-refractivity contribution < 1.29 is 13.6 Å². The summed E-state index contributed by atoms with van der Waals surface area (Å²) in [4.78, 5) is 11.3. The van der Waals surface area contributed by atoms with Crippen LogP contribution in [-0.4, -0.2) is 5.78 Å². The van der Waals surface area contributed by atoms with Gasteiger partial charge in [0.2, 0.25) is 0 Å². The topological polar surface area (TPSA) is 17.1 Å². The van der Waals surface area contributed by atoms with Gasteiger partial charge in [0, 0.05) is 5.56 Å². The zero-order valence-corrected chi connectivity index (χ0v) is 11.2. The summed E-state index contributed by atoms with van der Waals surface area (Å²) in [6.45, 7) is 2.94. The molecule has 0 atom stereocenters. The summed E-state index contributed by atoms with van der Waals surface area (Å²) in [5.41, 5.74) is 0.868. The third kappa shape index (κ3) is 2.51. The van der Waals surface area contributed by atoms with E-state index in [4.69, 9.17) is 11.6 Å². The lowest BCUT2D eigenvalue weighted by Gasteiger charge is -2.09. The number of carbonyl (C=O) groups is 1. The van der Waals surface area contributed by atoms with Crippen LogP contribution in [0.5, 0.6) is 0 Å². The van der Waals surface area contributed by atoms with Gasteiger partial charge >= 0.3 is 0 Å². The molecule has 0 heterocycles. The number of benzene rings is 2. The van der Waals surface area contributed by atoms with E-state index in [1.807, 2.05) is 0 Å². The number of rotatable bonds is 2. The van der Waals surface area contributed by atoms with Crippen LogP contribution >= 0.6 is 11.6 Å². The van der Waals surface area contributed by atoms with Crippen LogP contribution in [0.25, 0.3) is 11.1 Å². The van der Waals surface area contributed by atoms with E-state index in [0.717, 1.165) is 0 Å². The molecule has 2 aromatic rings. The summed E-state index contributed by atoms with van der Waals surface area (Å²) in [5.74, 6) is -1.47. The Balaban J connectivity index is 2.64. The molecule has 0 N–H and O–H groups in total. The van der Waals surface area contributed by atoms with Gasteiger partial charge in [-0.3, -0.25) is 4.79 Å². The minimum absolute atomic E-state index is 0.128. The van der Waals surface area contributed by atoms with Gasteiger partial charge in [-0.2, -0.15) is 0 Å². The summed E-state index contributed by atoms with van der Waals surface area (Å²) >= 11 is 5.95. The van der Waals surface area contributed by atoms with Gasteiger partial charge in [0.05, 0.1) is 10.6 Å². The third-order valence-electron chi connectivity index (χ3n) is 2.92. The summed E-state index contributed by atoms with van der Waals surface area (Å²) in [7, 11) is 0. The van der Waals surface area contributed by atoms with Crippen molar-refractivity contribution in [2.45, 2.75) is 13.8 Å². The molecule has 0 radical (unpaired) electrons. The third-order valence-corrected chi connectivity index (χ3v) is 3.23. The van der Waals surface area contributed by atoms with Gasteiger partial charge in [-0.1, -0.05) is 23.7 Å². The smallest absolute Gasteiger partial charge is 0.161 e. The summed E-state index contributed by atoms with van der Waals surface area (Å²) in [6.07, 6.45) is 0. The monoisotopic (exact) mass is 280 g/mol. The Kier molecular flexibility index (Phi) is 3.67. The fourth-order valence-corrected chi connectivity index (χ4v) is 2.19. The van der Waals surface area contributed by atoms with Gasteiger partial charge in [0.15, 0.2) is 5.78 Å². The van der Waals surface area contributed by atoms with Crippen molar-refractivity contribution in [3.63, 3.8) is 0 Å². The lowest BCUT2D eigenvalue weighted by molar-refractivity contribution is 0.101. The van der Waals surface area contributed by atoms with Crippen molar-refractivity contribution in [2.75, 3.05) is 0 Å². The molecule has 0 aliphatic heterocycles. The highest BCUT2D eigenvalue weighted by Gasteiger charge is 2.15. The van der Waals surface area contributed by atoms with E-state index in [-0.39, 0.29) is 16.4 Å². The van der Waals surface area contributed by atoms with E-state index in [0.29, 0.717) is 16.7 Å². The molecule has 2 rings (SSSR count). The average Bonchev–Trinajstić information content (AvgIpc) is 2.34. The molecule has 0 aliphatic rings. The molecule has 0 aliphatic carbocycles. The lowest BCUT2D eigenvalue weighted by atomic mass is 10.00. The van der Waals surface area contributed by atoms with Crippen LogP contribution < -0.4 is 0 Å². The molecular weight excluding hydrogens is 270 g/mol. The van der Waals surface area contributed by atoms with Crippen molar-refractivity contribution in [3.8, 4) is 11.1 Å². The van der Waals surface area contributed by atoms with Gasteiger partial charge in [-0.05, 0) is 43.2 Å². The molecule has 2 aromatic carbocycles. The quantitative estimate of drug-likeness (QED) is 0.723. The number of hydrogen-bond donors (Lipinski definition) is 0. The van der Waals surface area contributed by atoms with Crippen molar-refractivity contribution in [1.29, 1.82) is 0 Å². The highest BCUT2D eigenvalue weighted by Crippen LogP contribution is 2.31. The summed E-state index contributed by atoms with van der Waals surface area (Å²) in [6, 6.07) is 6.95. The van der Waals surface area contributed by atoms with Gasteiger partial charge in [-0.15, -0.1) is 0 Å². The minimum Gasteiger partial charge on any atom is -0.294 e. The van der Waals surface area contributed by atoms with Crippen LogP contribution in [0.4, 0.5) is 8.78 Å². The zero-order valence-electron chi connectivity index (χ0n) is 10.4. The molecule has 98 valence electrons. The minimum atomic E-state index is -0.658. The Labute approximate surface area is 114 Å². The van der Waals surface area contributed by atoms with E-state index in [1.54, 1.807) is 6.92 Å². The SMILES string of the molecule is CC(=O)c1ccc(-c2c(F)ccc(C)c2F)cc1Cl. The molecule has 0 spiro atoms. The molecule has 1 nitrogen and oxygen atoms in total. The summed E-state index contributed by atoms with van der Waals surface area (Å²) < 4.78 is 27.7. The standard InChI is InChI=1S/C15H11ClF2O/c1-8-3-6-13(17)14(15(8)18)10-4-5-11(9(2)19)12(16)7-10/h3-7H,1-2H3. The Bertz CT molecular complexity index is 665. The number of hydrogen-bond acceptors (Lipinski definition) is 1. The van der Waals surface area contributed by atoms with E-state index in [2.05, 4.69) is 0 Å². The Morgan fingerprint density at radius 1 is 1.16 bits per heavy atom. The van der Waals surface area contributed by atoms with E-state index in [9.17, 15) is 13.6 Å². The normalized spacial score (nSPS) is 10.6. The van der Waals surface area contributed by atoms with Crippen LogP contribution in [-0.2, 0) is 0 Å². The fraction of sp³-hybridized carbons (Fsp3) is 0.133. The van der Waals surface area contributed by atoms with Gasteiger partial charge < -0.3 is 0 Å². The van der Waals surface area contributed by atoms with Crippen molar-refractivity contribution >= 4 is 17.4 Å². The number of Topliss-reactive ketones (excluding diaryl/α,β-unsaturated/α-hetero) is 1. The molecule has 0 saturated carbocycles. The van der Waals surface area contributed by atoms with E-state index < -0.39 is 11.6 Å². The second kappa shape index (κ2) is 5.10. The zero-order chi connectivity index (χ0) is 14.2. The Hall–Kier alpha value is -1.74. The van der Waals surface area contributed by atoms with E-state index >= 15 is 0 Å². The predicted octanol–water partition coefficient (Wildman–Crippen LogP) is 4.80. The van der Waals surface area contributed by atoms with Crippen LogP contribution in [0.1, 0.15) is 22.8 Å². The van der Waals surface area contributed by atoms with Crippen molar-refractivity contribution in [3.05, 3.63) is 58.1 Å². The van der Waals surface area contributed by atoms with Crippen LogP contribution in [0.2, 0.25) is 5.02 Å². The number of carbonyl (C=O) groups excluding carboxylic acids is 1. The number of ketones is 1. The molecular formula is C15H11ClF2O. The maximum Gasteiger partial charge on any atom is 0.161 e. The van der Waals surface area contributed by atoms with E-state index in [1.165, 1.54) is 37.3 Å². The molecule has 0 unspecified atom stereocenters. The first-order valence-electron chi connectivity index (χ1n) is 5.67. The summed E-state index contributed by atoms with van der Waals surface area (Å²) in [5, 5.41) is 0.185. The number of halogens is 3. The molecule has 19 heavy (non-hydrogen) atoms. The average molecular weight is 281 g/mol. The Morgan fingerprint density at radius 2 is 1.84 bits per heavy atom. The van der Waals surface area contributed by atoms with Crippen LogP contribution in [0.15, 0.2) is 30.3 Å². The first kappa shape index (κ1) is 13.7. The molecule has 0 saturated heterocycles. The maximum absolute atomic E-state index is 14.0. The van der Waals surface area contributed by atoms with Gasteiger partial charge in [0.25, 0.3) is 0 Å². The molecule has 0 aromatic heterocycles. The molecule has 0 fully saturated rings. The second-order valence-corrected chi connectivity index (χ2v) is 4.71. The predicted molar refractivity (Wildman–Crippen MR) is 71.5 cm³/mol. The molecule has 0 amide bonds. The fourth-order valence-electron chi connectivity index (χ4n) is 1.88. The van der Waals surface area contributed by atoms with Crippen LogP contribution in [0, 0.1) is 18.6 Å². The first-order chi connectivity index (χ1) is 8.91. The van der Waals surface area contributed by atoms with Gasteiger partial charge in [0.1, 0.15) is 11.6 Å². The highest BCUT2D eigenvalue weighted by atomic mass is 35.5. The molecule has 4 heteroatoms. The first-order valence-corrected chi connectivity index (χ1v) is 6.05. The maximum atomic E-state index is 14.0. The number of aryl methyl sites for hydroxylation is 1.